The van der Waals surface area contributed by atoms with Crippen LogP contribution in [0.1, 0.15) is 27.2 Å². The molecule has 0 spiro atoms. The van der Waals surface area contributed by atoms with Crippen molar-refractivity contribution in [1.82, 2.24) is 4.90 Å². The van der Waals surface area contributed by atoms with E-state index in [4.69, 9.17) is 9.47 Å². The van der Waals surface area contributed by atoms with Gasteiger partial charge in [0.25, 0.3) is 0 Å². The van der Waals surface area contributed by atoms with Gasteiger partial charge in [0.1, 0.15) is 0 Å². The molecule has 0 bridgehead atoms. The molecule has 1 rings (SSSR count). The van der Waals surface area contributed by atoms with Gasteiger partial charge < -0.3 is 9.47 Å². The van der Waals surface area contributed by atoms with Gasteiger partial charge >= 0.3 is 0 Å². The molecule has 3 heteroatoms. The van der Waals surface area contributed by atoms with Gasteiger partial charge in [-0.3, -0.25) is 4.90 Å². The van der Waals surface area contributed by atoms with E-state index in [1.165, 1.54) is 0 Å². The highest BCUT2D eigenvalue weighted by Gasteiger charge is 2.33. The molecule has 84 valence electrons. The van der Waals surface area contributed by atoms with Crippen molar-refractivity contribution < 1.29 is 9.47 Å². The van der Waals surface area contributed by atoms with Gasteiger partial charge in [-0.2, -0.15) is 0 Å². The lowest BCUT2D eigenvalue weighted by Crippen LogP contribution is -2.37. The van der Waals surface area contributed by atoms with Crippen LogP contribution in [-0.4, -0.2) is 50.0 Å². The maximum Gasteiger partial charge on any atom is 0.0714 e. The minimum atomic E-state index is 0.292. The highest BCUT2D eigenvalue weighted by atomic mass is 16.5. The second kappa shape index (κ2) is 5.10. The topological polar surface area (TPSA) is 21.7 Å². The number of likely N-dealkylation sites (N-methyl/N-ethyl adjacent to an activating group) is 1. The number of hydrogen-bond acceptors (Lipinski definition) is 3. The lowest BCUT2D eigenvalue weighted by Gasteiger charge is -2.27. The Morgan fingerprint density at radius 3 is 2.36 bits per heavy atom. The Bertz CT molecular complexity index is 173. The molecule has 3 nitrogen and oxygen atoms in total. The molecule has 0 aromatic rings. The Hall–Kier alpha value is -0.120. The van der Waals surface area contributed by atoms with Crippen molar-refractivity contribution >= 4 is 0 Å². The Balaban J connectivity index is 2.43. The molecule has 1 heterocycles. The summed E-state index contributed by atoms with van der Waals surface area (Å²) in [5.41, 5.74) is 0. The van der Waals surface area contributed by atoms with E-state index in [9.17, 15) is 0 Å². The zero-order valence-electron chi connectivity index (χ0n) is 9.99. The molecule has 0 N–H and O–H groups in total. The Morgan fingerprint density at radius 1 is 1.29 bits per heavy atom. The van der Waals surface area contributed by atoms with E-state index in [1.54, 1.807) is 7.11 Å². The van der Waals surface area contributed by atoms with Crippen LogP contribution in [0, 0.1) is 0 Å². The molecule has 1 aliphatic rings. The van der Waals surface area contributed by atoms with Gasteiger partial charge in [-0.15, -0.1) is 0 Å². The van der Waals surface area contributed by atoms with Crippen molar-refractivity contribution in [2.24, 2.45) is 0 Å². The van der Waals surface area contributed by atoms with Crippen LogP contribution in [0.15, 0.2) is 0 Å². The normalized spacial score (nSPS) is 31.3. The first-order chi connectivity index (χ1) is 6.54. The molecule has 3 unspecified atom stereocenters. The highest BCUT2D eigenvalue weighted by Crippen LogP contribution is 2.22. The van der Waals surface area contributed by atoms with E-state index in [0.29, 0.717) is 24.4 Å². The molecule has 0 saturated carbocycles. The Labute approximate surface area is 87.4 Å². The fourth-order valence-corrected chi connectivity index (χ4v) is 2.22. The molecular weight excluding hydrogens is 178 g/mol. The summed E-state index contributed by atoms with van der Waals surface area (Å²) in [4.78, 5) is 2.33. The summed E-state index contributed by atoms with van der Waals surface area (Å²) in [5.74, 6) is 0. The first kappa shape index (κ1) is 12.0. The smallest absolute Gasteiger partial charge is 0.0714 e. The quantitative estimate of drug-likeness (QED) is 0.688. The number of rotatable bonds is 4. The van der Waals surface area contributed by atoms with Crippen LogP contribution in [0.2, 0.25) is 0 Å². The number of nitrogens with zero attached hydrogens (tertiary/aromatic N) is 1. The second-order valence-electron chi connectivity index (χ2n) is 4.49. The molecule has 1 saturated heterocycles. The number of likely N-dealkylation sites (tertiary alicyclic amines) is 1. The van der Waals surface area contributed by atoms with Gasteiger partial charge in [0.15, 0.2) is 0 Å². The average molecular weight is 201 g/mol. The molecule has 0 radical (unpaired) electrons. The van der Waals surface area contributed by atoms with Crippen molar-refractivity contribution in [3.8, 4) is 0 Å². The van der Waals surface area contributed by atoms with Gasteiger partial charge in [-0.05, 0) is 34.2 Å². The molecule has 1 fully saturated rings. The summed E-state index contributed by atoms with van der Waals surface area (Å²) < 4.78 is 11.2. The lowest BCUT2D eigenvalue weighted by atomic mass is 10.1. The van der Waals surface area contributed by atoms with E-state index >= 15 is 0 Å². The predicted octanol–water partition coefficient (Wildman–Crippen LogP) is 1.52. The van der Waals surface area contributed by atoms with Crippen LogP contribution in [-0.2, 0) is 9.47 Å². The van der Waals surface area contributed by atoms with E-state index in [-0.39, 0.29) is 0 Å². The number of ether oxygens (including phenoxy) is 2. The third kappa shape index (κ3) is 2.94. The molecule has 1 aliphatic heterocycles. The fraction of sp³-hybridized carbons (Fsp3) is 1.00. The maximum atomic E-state index is 5.80. The van der Waals surface area contributed by atoms with Crippen molar-refractivity contribution in [2.75, 3.05) is 20.7 Å². The van der Waals surface area contributed by atoms with Crippen LogP contribution < -0.4 is 0 Å². The van der Waals surface area contributed by atoms with Crippen molar-refractivity contribution in [1.29, 1.82) is 0 Å². The van der Waals surface area contributed by atoms with E-state index in [0.717, 1.165) is 13.0 Å². The second-order valence-corrected chi connectivity index (χ2v) is 4.49. The first-order valence-electron chi connectivity index (χ1n) is 5.43. The van der Waals surface area contributed by atoms with E-state index in [1.807, 2.05) is 0 Å². The van der Waals surface area contributed by atoms with Crippen LogP contribution in [0.4, 0.5) is 0 Å². The summed E-state index contributed by atoms with van der Waals surface area (Å²) >= 11 is 0. The van der Waals surface area contributed by atoms with Crippen LogP contribution in [0.3, 0.4) is 0 Å². The maximum absolute atomic E-state index is 5.80. The molecule has 0 aliphatic carbocycles. The number of methoxy groups -OCH3 is 1. The van der Waals surface area contributed by atoms with E-state index < -0.39 is 0 Å². The zero-order valence-corrected chi connectivity index (χ0v) is 9.99. The largest absolute Gasteiger partial charge is 0.380 e. The third-order valence-corrected chi connectivity index (χ3v) is 2.92. The van der Waals surface area contributed by atoms with E-state index in [2.05, 4.69) is 32.7 Å². The lowest BCUT2D eigenvalue weighted by molar-refractivity contribution is -0.0207. The summed E-state index contributed by atoms with van der Waals surface area (Å²) in [7, 11) is 3.93. The number of hydrogen-bond donors (Lipinski definition) is 0. The third-order valence-electron chi connectivity index (χ3n) is 2.92. The highest BCUT2D eigenvalue weighted by molar-refractivity contribution is 4.87. The molecule has 14 heavy (non-hydrogen) atoms. The molecule has 3 atom stereocenters. The first-order valence-corrected chi connectivity index (χ1v) is 5.43. The SMILES string of the molecule is COC1CC(C(C)OC(C)C)N(C)C1. The van der Waals surface area contributed by atoms with Gasteiger partial charge in [0.05, 0.1) is 18.3 Å². The van der Waals surface area contributed by atoms with Crippen molar-refractivity contribution in [2.45, 2.75) is 51.5 Å². The minimum Gasteiger partial charge on any atom is -0.380 e. The summed E-state index contributed by atoms with van der Waals surface area (Å²) in [6, 6.07) is 0.502. The average Bonchev–Trinajstić information content (AvgIpc) is 2.45. The molecular formula is C11H23NO2. The Morgan fingerprint density at radius 2 is 1.93 bits per heavy atom. The van der Waals surface area contributed by atoms with Crippen LogP contribution >= 0.6 is 0 Å². The molecule has 0 aromatic heterocycles. The molecule has 0 amide bonds. The van der Waals surface area contributed by atoms with Crippen molar-refractivity contribution in [3.05, 3.63) is 0 Å². The summed E-state index contributed by atoms with van der Waals surface area (Å²) in [6.45, 7) is 7.34. The van der Waals surface area contributed by atoms with Gasteiger partial charge in [0, 0.05) is 19.7 Å². The van der Waals surface area contributed by atoms with Gasteiger partial charge in [-0.25, -0.2) is 0 Å². The minimum absolute atomic E-state index is 0.292. The Kier molecular flexibility index (Phi) is 4.35. The van der Waals surface area contributed by atoms with Crippen molar-refractivity contribution in [3.63, 3.8) is 0 Å². The van der Waals surface area contributed by atoms with Crippen LogP contribution in [0.5, 0.6) is 0 Å². The standard InChI is InChI=1S/C11H23NO2/c1-8(2)14-9(3)11-6-10(13-5)7-12(11)4/h8-11H,6-7H2,1-5H3. The van der Waals surface area contributed by atoms with Gasteiger partial charge in [-0.1, -0.05) is 0 Å². The fourth-order valence-electron chi connectivity index (χ4n) is 2.22. The summed E-state index contributed by atoms with van der Waals surface area (Å²) in [5, 5.41) is 0. The molecule has 0 aromatic carbocycles. The zero-order chi connectivity index (χ0) is 10.7. The van der Waals surface area contributed by atoms with Crippen LogP contribution in [0.25, 0.3) is 0 Å². The van der Waals surface area contributed by atoms with Gasteiger partial charge in [0.2, 0.25) is 0 Å². The summed E-state index contributed by atoms with van der Waals surface area (Å²) in [6.07, 6.45) is 2.06. The monoisotopic (exact) mass is 201 g/mol. The predicted molar refractivity (Wildman–Crippen MR) is 57.5 cm³/mol.